The van der Waals surface area contributed by atoms with Crippen LogP contribution in [0.4, 0.5) is 0 Å². The fourth-order valence-electron chi connectivity index (χ4n) is 1.16. The molecule has 0 unspecified atom stereocenters. The summed E-state index contributed by atoms with van der Waals surface area (Å²) in [5.74, 6) is -0.195. The molecule has 0 saturated heterocycles. The summed E-state index contributed by atoms with van der Waals surface area (Å²) in [5.41, 5.74) is 6.03. The van der Waals surface area contributed by atoms with E-state index in [2.05, 4.69) is 5.16 Å². The van der Waals surface area contributed by atoms with Gasteiger partial charge in [-0.15, -0.1) is 0 Å². The second-order valence-electron chi connectivity index (χ2n) is 3.10. The first-order valence-electron chi connectivity index (χ1n) is 4.62. The van der Waals surface area contributed by atoms with Crippen LogP contribution in [0.5, 0.6) is 5.88 Å². The molecule has 1 aromatic heterocycles. The topological polar surface area (TPSA) is 98.6 Å². The molecule has 15 heavy (non-hydrogen) atoms. The van der Waals surface area contributed by atoms with E-state index < -0.39 is 12.0 Å². The number of ether oxygens (including phenoxy) is 1. The molecule has 3 N–H and O–H groups in total. The minimum atomic E-state index is -1.06. The van der Waals surface area contributed by atoms with Crippen LogP contribution in [0, 0.1) is 6.92 Å². The Kier molecular flexibility index (Phi) is 3.68. The van der Waals surface area contributed by atoms with Crippen molar-refractivity contribution in [1.29, 1.82) is 0 Å². The Hall–Kier alpha value is -1.56. The first-order chi connectivity index (χ1) is 7.06. The molecule has 0 aliphatic heterocycles. The Bertz CT molecular complexity index is 348. The van der Waals surface area contributed by atoms with Crippen LogP contribution in [0.25, 0.3) is 0 Å². The molecule has 1 aromatic rings. The second-order valence-corrected chi connectivity index (χ2v) is 3.10. The zero-order chi connectivity index (χ0) is 11.4. The van der Waals surface area contributed by atoms with Gasteiger partial charge in [0.25, 0.3) is 5.88 Å². The lowest BCUT2D eigenvalue weighted by atomic mass is 10.1. The monoisotopic (exact) mass is 214 g/mol. The number of carboxylic acid groups (broad SMARTS) is 1. The van der Waals surface area contributed by atoms with E-state index in [9.17, 15) is 4.79 Å². The van der Waals surface area contributed by atoms with Crippen molar-refractivity contribution in [3.05, 3.63) is 11.3 Å². The predicted molar refractivity (Wildman–Crippen MR) is 51.7 cm³/mol. The van der Waals surface area contributed by atoms with Crippen LogP contribution in [0.3, 0.4) is 0 Å². The molecule has 84 valence electrons. The third-order valence-corrected chi connectivity index (χ3v) is 1.97. The number of carbonyl (C=O) groups is 1. The maximum Gasteiger partial charge on any atom is 0.320 e. The summed E-state index contributed by atoms with van der Waals surface area (Å²) in [6, 6.07) is -0.970. The van der Waals surface area contributed by atoms with Crippen molar-refractivity contribution in [2.45, 2.75) is 26.3 Å². The summed E-state index contributed by atoms with van der Waals surface area (Å²) < 4.78 is 10.1. The van der Waals surface area contributed by atoms with Crippen molar-refractivity contribution < 1.29 is 19.2 Å². The van der Waals surface area contributed by atoms with E-state index in [1.807, 2.05) is 6.92 Å². The van der Waals surface area contributed by atoms with Gasteiger partial charge in [0.1, 0.15) is 11.8 Å². The average molecular weight is 214 g/mol. The van der Waals surface area contributed by atoms with Gasteiger partial charge in [-0.05, 0) is 19.0 Å². The van der Waals surface area contributed by atoms with E-state index >= 15 is 0 Å². The number of rotatable bonds is 5. The lowest BCUT2D eigenvalue weighted by molar-refractivity contribution is -0.138. The first kappa shape index (κ1) is 11.5. The minimum absolute atomic E-state index is 0.153. The molecule has 1 heterocycles. The van der Waals surface area contributed by atoms with Gasteiger partial charge in [0.05, 0.1) is 12.2 Å². The number of aromatic nitrogens is 1. The molecule has 1 atom stereocenters. The molecular formula is C9H14N2O4. The molecule has 0 fully saturated rings. The number of hydrogen-bond acceptors (Lipinski definition) is 5. The number of carboxylic acids is 1. The minimum Gasteiger partial charge on any atom is -0.480 e. The van der Waals surface area contributed by atoms with Crippen molar-refractivity contribution in [2.24, 2.45) is 5.73 Å². The van der Waals surface area contributed by atoms with Crippen LogP contribution in [-0.4, -0.2) is 28.9 Å². The maximum atomic E-state index is 10.6. The van der Waals surface area contributed by atoms with Crippen LogP contribution >= 0.6 is 0 Å². The number of aryl methyl sites for hydroxylation is 1. The Balaban J connectivity index is 2.82. The molecule has 0 spiro atoms. The molecule has 1 rings (SSSR count). The van der Waals surface area contributed by atoms with E-state index in [-0.39, 0.29) is 6.42 Å². The lowest BCUT2D eigenvalue weighted by Crippen LogP contribution is -2.32. The van der Waals surface area contributed by atoms with Gasteiger partial charge < -0.3 is 20.1 Å². The fourth-order valence-corrected chi connectivity index (χ4v) is 1.16. The van der Waals surface area contributed by atoms with Gasteiger partial charge in [0.2, 0.25) is 0 Å². The average Bonchev–Trinajstić information content (AvgIpc) is 2.50. The normalized spacial score (nSPS) is 12.5. The molecule has 6 heteroatoms. The molecule has 0 bridgehead atoms. The highest BCUT2D eigenvalue weighted by molar-refractivity contribution is 5.73. The zero-order valence-electron chi connectivity index (χ0n) is 8.69. The van der Waals surface area contributed by atoms with Gasteiger partial charge in [0, 0.05) is 6.42 Å². The zero-order valence-corrected chi connectivity index (χ0v) is 8.69. The largest absolute Gasteiger partial charge is 0.480 e. The molecule has 6 nitrogen and oxygen atoms in total. The highest BCUT2D eigenvalue weighted by atomic mass is 16.5. The summed E-state index contributed by atoms with van der Waals surface area (Å²) in [6.45, 7) is 3.95. The number of hydrogen-bond donors (Lipinski definition) is 2. The second kappa shape index (κ2) is 4.79. The van der Waals surface area contributed by atoms with Gasteiger partial charge in [-0.25, -0.2) is 0 Å². The molecule has 0 aliphatic rings. The number of nitrogens with two attached hydrogens (primary N) is 1. The van der Waals surface area contributed by atoms with Gasteiger partial charge in [-0.2, -0.15) is 0 Å². The summed E-state index contributed by atoms with van der Waals surface area (Å²) >= 11 is 0. The van der Waals surface area contributed by atoms with E-state index in [0.29, 0.717) is 23.8 Å². The predicted octanol–water partition coefficient (Wildman–Crippen LogP) is 0.336. The fraction of sp³-hybridized carbons (Fsp3) is 0.556. The van der Waals surface area contributed by atoms with Crippen molar-refractivity contribution in [3.63, 3.8) is 0 Å². The quantitative estimate of drug-likeness (QED) is 0.733. The Labute approximate surface area is 87.0 Å². The smallest absolute Gasteiger partial charge is 0.320 e. The van der Waals surface area contributed by atoms with Crippen LogP contribution in [0.2, 0.25) is 0 Å². The van der Waals surface area contributed by atoms with Crippen LogP contribution in [-0.2, 0) is 11.2 Å². The Morgan fingerprint density at radius 2 is 2.40 bits per heavy atom. The SMILES string of the molecule is CCOc1noc(C)c1C[C@H](N)C(=O)O. The van der Waals surface area contributed by atoms with Crippen molar-refractivity contribution in [2.75, 3.05) is 6.61 Å². The Morgan fingerprint density at radius 1 is 1.73 bits per heavy atom. The first-order valence-corrected chi connectivity index (χ1v) is 4.62. The van der Waals surface area contributed by atoms with Gasteiger partial charge in [0.15, 0.2) is 0 Å². The van der Waals surface area contributed by atoms with Crippen molar-refractivity contribution in [1.82, 2.24) is 5.16 Å². The maximum absolute atomic E-state index is 10.6. The van der Waals surface area contributed by atoms with Gasteiger partial charge >= 0.3 is 5.97 Å². The summed E-state index contributed by atoms with van der Waals surface area (Å²) in [5, 5.41) is 12.3. The van der Waals surface area contributed by atoms with E-state index in [1.165, 1.54) is 0 Å². The third-order valence-electron chi connectivity index (χ3n) is 1.97. The number of aliphatic carboxylic acids is 1. The third kappa shape index (κ3) is 2.69. The molecule has 0 saturated carbocycles. The standard InChI is InChI=1S/C9H14N2O4/c1-3-14-8-6(5(2)15-11-8)4-7(10)9(12)13/h7H,3-4,10H2,1-2H3,(H,12,13)/t7-/m0/s1. The Morgan fingerprint density at radius 3 is 2.93 bits per heavy atom. The highest BCUT2D eigenvalue weighted by Crippen LogP contribution is 2.22. The van der Waals surface area contributed by atoms with Crippen LogP contribution < -0.4 is 10.5 Å². The summed E-state index contributed by atoms with van der Waals surface area (Å²) in [4.78, 5) is 10.6. The van der Waals surface area contributed by atoms with Crippen molar-refractivity contribution >= 4 is 5.97 Å². The highest BCUT2D eigenvalue weighted by Gasteiger charge is 2.20. The molecule has 0 aromatic carbocycles. The van der Waals surface area contributed by atoms with Gasteiger partial charge in [-0.1, -0.05) is 0 Å². The van der Waals surface area contributed by atoms with E-state index in [0.717, 1.165) is 0 Å². The van der Waals surface area contributed by atoms with Crippen molar-refractivity contribution in [3.8, 4) is 5.88 Å². The van der Waals surface area contributed by atoms with Crippen LogP contribution in [0.15, 0.2) is 4.52 Å². The molecular weight excluding hydrogens is 200 g/mol. The molecule has 0 radical (unpaired) electrons. The van der Waals surface area contributed by atoms with Gasteiger partial charge in [-0.3, -0.25) is 4.79 Å². The van der Waals surface area contributed by atoms with Crippen LogP contribution in [0.1, 0.15) is 18.2 Å². The summed E-state index contributed by atoms with van der Waals surface area (Å²) in [7, 11) is 0. The molecule has 0 aliphatic carbocycles. The lowest BCUT2D eigenvalue weighted by Gasteiger charge is -2.06. The number of nitrogens with zero attached hydrogens (tertiary/aromatic N) is 1. The van der Waals surface area contributed by atoms with E-state index in [4.69, 9.17) is 20.1 Å². The summed E-state index contributed by atoms with van der Waals surface area (Å²) in [6.07, 6.45) is 0.153. The van der Waals surface area contributed by atoms with E-state index in [1.54, 1.807) is 6.92 Å². The molecule has 0 amide bonds.